The second-order valence-corrected chi connectivity index (χ2v) is 3.72. The van der Waals surface area contributed by atoms with Crippen molar-refractivity contribution in [3.8, 4) is 0 Å². The molecule has 0 bridgehead atoms. The van der Waals surface area contributed by atoms with Gasteiger partial charge in [0.1, 0.15) is 6.29 Å². The van der Waals surface area contributed by atoms with Gasteiger partial charge in [-0.05, 0) is 24.1 Å². The third-order valence-corrected chi connectivity index (χ3v) is 2.97. The van der Waals surface area contributed by atoms with Gasteiger partial charge in [0, 0.05) is 16.2 Å². The molecule has 1 aromatic carbocycles. The van der Waals surface area contributed by atoms with E-state index in [1.807, 2.05) is 30.0 Å². The summed E-state index contributed by atoms with van der Waals surface area (Å²) in [5.41, 5.74) is 2.13. The molecule has 0 saturated carbocycles. The average Bonchev–Trinajstić information content (AvgIpc) is 2.50. The molecule has 2 rings (SSSR count). The van der Waals surface area contributed by atoms with E-state index in [2.05, 4.69) is 0 Å². The molecule has 1 heterocycles. The number of aldehydes is 1. The highest BCUT2D eigenvalue weighted by atomic mass is 32.2. The van der Waals surface area contributed by atoms with Crippen LogP contribution in [0, 0.1) is 0 Å². The Morgan fingerprint density at radius 3 is 3.18 bits per heavy atom. The van der Waals surface area contributed by atoms with E-state index in [0.29, 0.717) is 0 Å². The lowest BCUT2D eigenvalue weighted by Crippen LogP contribution is -1.84. The highest BCUT2D eigenvalue weighted by Crippen LogP contribution is 2.31. The summed E-state index contributed by atoms with van der Waals surface area (Å²) in [6.45, 7) is 0. The van der Waals surface area contributed by atoms with Crippen LogP contribution in [0.2, 0.25) is 0 Å². The van der Waals surface area contributed by atoms with Gasteiger partial charge in [0.25, 0.3) is 0 Å². The first kappa shape index (κ1) is 6.92. The number of fused-ring (bicyclic) bond motifs is 1. The van der Waals surface area contributed by atoms with Crippen LogP contribution in [0.3, 0.4) is 0 Å². The van der Waals surface area contributed by atoms with Crippen LogP contribution in [0.15, 0.2) is 23.1 Å². The maximum Gasteiger partial charge on any atom is 0.150 e. The van der Waals surface area contributed by atoms with Crippen molar-refractivity contribution in [1.82, 2.24) is 0 Å². The summed E-state index contributed by atoms with van der Waals surface area (Å²) < 4.78 is 0. The van der Waals surface area contributed by atoms with E-state index in [-0.39, 0.29) is 0 Å². The lowest BCUT2D eigenvalue weighted by atomic mass is 10.1. The van der Waals surface area contributed by atoms with Gasteiger partial charge in [0.15, 0.2) is 0 Å². The second-order valence-electron chi connectivity index (χ2n) is 2.58. The molecule has 0 spiro atoms. The van der Waals surface area contributed by atoms with E-state index < -0.39 is 0 Å². The number of rotatable bonds is 1. The number of benzene rings is 1. The smallest absolute Gasteiger partial charge is 0.150 e. The minimum absolute atomic E-state index is 0.797. The predicted molar refractivity (Wildman–Crippen MR) is 46.3 cm³/mol. The molecule has 0 radical (unpaired) electrons. The summed E-state index contributed by atoms with van der Waals surface area (Å²) in [7, 11) is 0. The summed E-state index contributed by atoms with van der Waals surface area (Å²) in [5.74, 6) is 1.16. The number of hydrogen-bond donors (Lipinski definition) is 0. The molecular weight excluding hydrogens is 156 g/mol. The van der Waals surface area contributed by atoms with Gasteiger partial charge in [-0.2, -0.15) is 0 Å². The maximum absolute atomic E-state index is 10.4. The summed E-state index contributed by atoms with van der Waals surface area (Å²) in [4.78, 5) is 11.7. The molecule has 1 aliphatic rings. The van der Waals surface area contributed by atoms with Gasteiger partial charge in [0.2, 0.25) is 0 Å². The van der Waals surface area contributed by atoms with Crippen molar-refractivity contribution in [2.45, 2.75) is 11.3 Å². The Kier molecular flexibility index (Phi) is 1.70. The van der Waals surface area contributed by atoms with Crippen molar-refractivity contribution >= 4 is 18.0 Å². The number of hydrogen-bond acceptors (Lipinski definition) is 2. The van der Waals surface area contributed by atoms with Gasteiger partial charge in [0.05, 0.1) is 0 Å². The van der Waals surface area contributed by atoms with Gasteiger partial charge in [-0.15, -0.1) is 11.8 Å². The lowest BCUT2D eigenvalue weighted by Gasteiger charge is -1.96. The minimum atomic E-state index is 0.797. The van der Waals surface area contributed by atoms with Crippen LogP contribution in [-0.4, -0.2) is 12.0 Å². The lowest BCUT2D eigenvalue weighted by molar-refractivity contribution is 0.112. The molecule has 0 fully saturated rings. The first-order valence-corrected chi connectivity index (χ1v) is 4.59. The Morgan fingerprint density at radius 1 is 1.45 bits per heavy atom. The normalized spacial score (nSPS) is 14.5. The Labute approximate surface area is 69.8 Å². The van der Waals surface area contributed by atoms with Gasteiger partial charge >= 0.3 is 0 Å². The maximum atomic E-state index is 10.4. The third kappa shape index (κ3) is 1.18. The zero-order chi connectivity index (χ0) is 7.68. The van der Waals surface area contributed by atoms with E-state index >= 15 is 0 Å². The van der Waals surface area contributed by atoms with Gasteiger partial charge in [-0.3, -0.25) is 4.79 Å². The fraction of sp³-hybridized carbons (Fsp3) is 0.222. The highest BCUT2D eigenvalue weighted by Gasteiger charge is 2.10. The van der Waals surface area contributed by atoms with Crippen molar-refractivity contribution in [3.63, 3.8) is 0 Å². The zero-order valence-electron chi connectivity index (χ0n) is 6.04. The first-order valence-electron chi connectivity index (χ1n) is 3.61. The summed E-state index contributed by atoms with van der Waals surface area (Å²) in [6.07, 6.45) is 2.02. The fourth-order valence-electron chi connectivity index (χ4n) is 1.28. The molecule has 0 amide bonds. The minimum Gasteiger partial charge on any atom is -0.298 e. The molecule has 1 nitrogen and oxygen atoms in total. The molecule has 56 valence electrons. The Balaban J connectivity index is 2.48. The van der Waals surface area contributed by atoms with Gasteiger partial charge in [-0.1, -0.05) is 6.07 Å². The van der Waals surface area contributed by atoms with Crippen molar-refractivity contribution in [3.05, 3.63) is 29.3 Å². The molecule has 0 N–H and O–H groups in total. The fourth-order valence-corrected chi connectivity index (χ4v) is 2.33. The van der Waals surface area contributed by atoms with Crippen molar-refractivity contribution in [2.24, 2.45) is 0 Å². The van der Waals surface area contributed by atoms with Crippen LogP contribution in [0.25, 0.3) is 0 Å². The first-order chi connectivity index (χ1) is 5.40. The standard InChI is InChI=1S/C9H8OS/c10-6-7-1-2-9-8(5-7)3-4-11-9/h1-2,5-6H,3-4H2. The Morgan fingerprint density at radius 2 is 2.36 bits per heavy atom. The molecule has 0 saturated heterocycles. The molecular formula is C9H8OS. The third-order valence-electron chi connectivity index (χ3n) is 1.85. The monoisotopic (exact) mass is 164 g/mol. The number of thioether (sulfide) groups is 1. The zero-order valence-corrected chi connectivity index (χ0v) is 6.86. The molecule has 0 aliphatic carbocycles. The van der Waals surface area contributed by atoms with Crippen LogP contribution in [0.1, 0.15) is 15.9 Å². The second kappa shape index (κ2) is 2.70. The number of aryl methyl sites for hydroxylation is 1. The van der Waals surface area contributed by atoms with Gasteiger partial charge in [-0.25, -0.2) is 0 Å². The topological polar surface area (TPSA) is 17.1 Å². The van der Waals surface area contributed by atoms with Crippen LogP contribution in [0.4, 0.5) is 0 Å². The van der Waals surface area contributed by atoms with E-state index in [9.17, 15) is 4.79 Å². The molecule has 1 aliphatic heterocycles. The number of carbonyl (C=O) groups excluding carboxylic acids is 1. The molecule has 0 atom stereocenters. The van der Waals surface area contributed by atoms with Crippen molar-refractivity contribution in [1.29, 1.82) is 0 Å². The SMILES string of the molecule is O=Cc1ccc2c(c1)CCS2. The van der Waals surface area contributed by atoms with E-state index in [1.165, 1.54) is 10.5 Å². The van der Waals surface area contributed by atoms with Crippen molar-refractivity contribution in [2.75, 3.05) is 5.75 Å². The highest BCUT2D eigenvalue weighted by molar-refractivity contribution is 7.99. The number of carbonyl (C=O) groups is 1. The molecule has 1 aromatic rings. The van der Waals surface area contributed by atoms with E-state index in [0.717, 1.165) is 24.0 Å². The van der Waals surface area contributed by atoms with E-state index in [1.54, 1.807) is 0 Å². The largest absolute Gasteiger partial charge is 0.298 e. The predicted octanol–water partition coefficient (Wildman–Crippen LogP) is 2.15. The van der Waals surface area contributed by atoms with Crippen LogP contribution in [-0.2, 0) is 6.42 Å². The van der Waals surface area contributed by atoms with Crippen LogP contribution < -0.4 is 0 Å². The Bertz CT molecular complexity index is 294. The molecule has 0 unspecified atom stereocenters. The van der Waals surface area contributed by atoms with Crippen LogP contribution in [0.5, 0.6) is 0 Å². The molecule has 0 aromatic heterocycles. The van der Waals surface area contributed by atoms with Gasteiger partial charge < -0.3 is 0 Å². The average molecular weight is 164 g/mol. The van der Waals surface area contributed by atoms with Crippen molar-refractivity contribution < 1.29 is 4.79 Å². The quantitative estimate of drug-likeness (QED) is 0.591. The van der Waals surface area contributed by atoms with Crippen LogP contribution >= 0.6 is 11.8 Å². The summed E-state index contributed by atoms with van der Waals surface area (Å²) >= 11 is 1.87. The Hall–Kier alpha value is -0.760. The summed E-state index contributed by atoms with van der Waals surface area (Å²) in [6, 6.07) is 5.91. The molecule has 11 heavy (non-hydrogen) atoms. The summed E-state index contributed by atoms with van der Waals surface area (Å²) in [5, 5.41) is 0. The van der Waals surface area contributed by atoms with E-state index in [4.69, 9.17) is 0 Å². The molecule has 2 heteroatoms.